The Morgan fingerprint density at radius 2 is 2.29 bits per heavy atom. The lowest BCUT2D eigenvalue weighted by atomic mass is 10.2. The third-order valence-corrected chi connectivity index (χ3v) is 2.10. The van der Waals surface area contributed by atoms with Crippen LogP contribution in [0.4, 0.5) is 5.69 Å². The van der Waals surface area contributed by atoms with Crippen molar-refractivity contribution in [3.8, 4) is 0 Å². The number of hydrogen-bond donors (Lipinski definition) is 2. The van der Waals surface area contributed by atoms with Gasteiger partial charge in [0.2, 0.25) is 6.23 Å². The Morgan fingerprint density at radius 3 is 3.07 bits per heavy atom. The van der Waals surface area contributed by atoms with E-state index in [4.69, 9.17) is 16.7 Å². The fourth-order valence-electron chi connectivity index (χ4n) is 1.17. The van der Waals surface area contributed by atoms with E-state index in [-0.39, 0.29) is 0 Å². The molecule has 5 heteroatoms. The molecule has 1 amide bonds. The molecule has 0 aliphatic carbocycles. The molecule has 0 spiro atoms. The van der Waals surface area contributed by atoms with Crippen LogP contribution in [0, 0.1) is 0 Å². The van der Waals surface area contributed by atoms with E-state index >= 15 is 0 Å². The molecule has 0 aromatic heterocycles. The number of amides is 1. The van der Waals surface area contributed by atoms with Crippen LogP contribution < -0.4 is 5.32 Å². The average molecular weight is 211 g/mol. The van der Waals surface area contributed by atoms with Crippen molar-refractivity contribution in [2.24, 2.45) is 4.99 Å². The third-order valence-electron chi connectivity index (χ3n) is 1.86. The Labute approximate surface area is 85.2 Å². The van der Waals surface area contributed by atoms with Gasteiger partial charge in [0.1, 0.15) is 0 Å². The van der Waals surface area contributed by atoms with Crippen LogP contribution >= 0.6 is 11.6 Å². The lowest BCUT2D eigenvalue weighted by Gasteiger charge is -2.05. The number of benzodiazepines with no additional fused rings is 1. The van der Waals surface area contributed by atoms with Gasteiger partial charge >= 0.3 is 0 Å². The first-order valence-electron chi connectivity index (χ1n) is 3.98. The highest BCUT2D eigenvalue weighted by atomic mass is 35.5. The molecule has 0 saturated carbocycles. The van der Waals surface area contributed by atoms with Gasteiger partial charge in [0.15, 0.2) is 0 Å². The Bertz CT molecular complexity index is 417. The van der Waals surface area contributed by atoms with Crippen LogP contribution in [0.25, 0.3) is 0 Å². The number of carbonyl (C=O) groups is 1. The van der Waals surface area contributed by atoms with Gasteiger partial charge < -0.3 is 10.4 Å². The zero-order chi connectivity index (χ0) is 10.1. The minimum atomic E-state index is -1.35. The molecular formula is C9H7ClN2O2. The highest BCUT2D eigenvalue weighted by molar-refractivity contribution is 6.31. The van der Waals surface area contributed by atoms with Gasteiger partial charge in [-0.15, -0.1) is 0 Å². The van der Waals surface area contributed by atoms with E-state index in [0.717, 1.165) is 0 Å². The summed E-state index contributed by atoms with van der Waals surface area (Å²) in [6, 6.07) is 4.99. The predicted molar refractivity (Wildman–Crippen MR) is 53.7 cm³/mol. The fraction of sp³-hybridized carbons (Fsp3) is 0.111. The zero-order valence-corrected chi connectivity index (χ0v) is 7.82. The maximum Gasteiger partial charge on any atom is 0.276 e. The second kappa shape index (κ2) is 3.40. The largest absolute Gasteiger partial charge is 0.364 e. The van der Waals surface area contributed by atoms with E-state index in [1.807, 2.05) is 0 Å². The fourth-order valence-corrected chi connectivity index (χ4v) is 1.35. The summed E-state index contributed by atoms with van der Waals surface area (Å²) in [5.41, 5.74) is 1.28. The van der Waals surface area contributed by atoms with Crippen molar-refractivity contribution in [3.63, 3.8) is 0 Å². The number of anilines is 1. The van der Waals surface area contributed by atoms with Crippen LogP contribution in [-0.2, 0) is 4.79 Å². The van der Waals surface area contributed by atoms with E-state index in [9.17, 15) is 4.79 Å². The summed E-state index contributed by atoms with van der Waals surface area (Å²) in [6.45, 7) is 0. The number of aliphatic hydroxyl groups is 1. The molecule has 2 rings (SSSR count). The van der Waals surface area contributed by atoms with E-state index in [0.29, 0.717) is 16.3 Å². The molecule has 1 aliphatic heterocycles. The van der Waals surface area contributed by atoms with Gasteiger partial charge in [-0.3, -0.25) is 9.79 Å². The molecular weight excluding hydrogens is 204 g/mol. The Hall–Kier alpha value is -1.39. The number of benzene rings is 1. The van der Waals surface area contributed by atoms with Crippen LogP contribution in [0.2, 0.25) is 5.02 Å². The Balaban J connectivity index is 2.48. The molecule has 0 bridgehead atoms. The highest BCUT2D eigenvalue weighted by Crippen LogP contribution is 2.21. The molecule has 1 aromatic rings. The van der Waals surface area contributed by atoms with Gasteiger partial charge in [0.05, 0.1) is 0 Å². The number of nitrogens with zero attached hydrogens (tertiary/aromatic N) is 1. The zero-order valence-electron chi connectivity index (χ0n) is 7.07. The Morgan fingerprint density at radius 1 is 1.50 bits per heavy atom. The van der Waals surface area contributed by atoms with Crippen molar-refractivity contribution >= 4 is 29.4 Å². The van der Waals surface area contributed by atoms with Crippen LogP contribution in [0.5, 0.6) is 0 Å². The number of nitrogens with one attached hydrogen (secondary N) is 1. The molecule has 0 saturated heterocycles. The van der Waals surface area contributed by atoms with Gasteiger partial charge in [-0.25, -0.2) is 0 Å². The quantitative estimate of drug-likeness (QED) is 0.672. The summed E-state index contributed by atoms with van der Waals surface area (Å²) in [6.07, 6.45) is 0.0743. The van der Waals surface area contributed by atoms with Crippen LogP contribution in [-0.4, -0.2) is 23.5 Å². The monoisotopic (exact) mass is 210 g/mol. The summed E-state index contributed by atoms with van der Waals surface area (Å²) in [4.78, 5) is 14.8. The van der Waals surface area contributed by atoms with Crippen molar-refractivity contribution < 1.29 is 9.90 Å². The number of rotatable bonds is 0. The first kappa shape index (κ1) is 9.18. The highest BCUT2D eigenvalue weighted by Gasteiger charge is 2.17. The maximum absolute atomic E-state index is 11.2. The van der Waals surface area contributed by atoms with Crippen molar-refractivity contribution in [2.45, 2.75) is 6.23 Å². The number of fused-ring (bicyclic) bond motifs is 1. The molecule has 1 heterocycles. The van der Waals surface area contributed by atoms with E-state index in [1.165, 1.54) is 6.21 Å². The Kier molecular flexibility index (Phi) is 2.23. The molecule has 0 fully saturated rings. The van der Waals surface area contributed by atoms with Crippen molar-refractivity contribution in [3.05, 3.63) is 28.8 Å². The van der Waals surface area contributed by atoms with Crippen molar-refractivity contribution in [1.82, 2.24) is 0 Å². The van der Waals surface area contributed by atoms with Gasteiger partial charge in [-0.05, 0) is 18.2 Å². The smallest absolute Gasteiger partial charge is 0.276 e. The first-order valence-corrected chi connectivity index (χ1v) is 4.36. The van der Waals surface area contributed by atoms with Crippen LogP contribution in [0.1, 0.15) is 5.56 Å². The summed E-state index contributed by atoms with van der Waals surface area (Å²) >= 11 is 5.77. The number of hydrogen-bond acceptors (Lipinski definition) is 3. The normalized spacial score (nSPS) is 19.9. The predicted octanol–water partition coefficient (Wildman–Crippen LogP) is 1.03. The summed E-state index contributed by atoms with van der Waals surface area (Å²) in [7, 11) is 0. The van der Waals surface area contributed by atoms with Gasteiger partial charge in [0.25, 0.3) is 5.91 Å². The van der Waals surface area contributed by atoms with Gasteiger partial charge in [-0.2, -0.15) is 0 Å². The molecule has 1 unspecified atom stereocenters. The lowest BCUT2D eigenvalue weighted by molar-refractivity contribution is -0.123. The number of halogens is 1. The number of carbonyl (C=O) groups excluding carboxylic acids is 1. The minimum absolute atomic E-state index is 0.540. The summed E-state index contributed by atoms with van der Waals surface area (Å²) < 4.78 is 0. The standard InChI is InChI=1S/C9H7ClN2O2/c10-6-1-2-7-5(3-6)4-11-8(13)9(14)12-7/h1-4,8,13H,(H,12,14). The van der Waals surface area contributed by atoms with E-state index < -0.39 is 12.1 Å². The van der Waals surface area contributed by atoms with E-state index in [2.05, 4.69) is 10.3 Å². The average Bonchev–Trinajstić information content (AvgIpc) is 2.29. The maximum atomic E-state index is 11.2. The van der Waals surface area contributed by atoms with Crippen molar-refractivity contribution in [1.29, 1.82) is 0 Å². The van der Waals surface area contributed by atoms with Crippen LogP contribution in [0.15, 0.2) is 23.2 Å². The number of aliphatic hydroxyl groups excluding tert-OH is 1. The molecule has 4 nitrogen and oxygen atoms in total. The lowest BCUT2D eigenvalue weighted by Crippen LogP contribution is -2.24. The molecule has 1 aromatic carbocycles. The van der Waals surface area contributed by atoms with Crippen LogP contribution in [0.3, 0.4) is 0 Å². The van der Waals surface area contributed by atoms with Crippen molar-refractivity contribution in [2.75, 3.05) is 5.32 Å². The SMILES string of the molecule is O=C1Nc2ccc(Cl)cc2C=NC1O. The third kappa shape index (κ3) is 1.62. The minimum Gasteiger partial charge on any atom is -0.364 e. The molecule has 72 valence electrons. The molecule has 1 aliphatic rings. The second-order valence-corrected chi connectivity index (χ2v) is 3.31. The molecule has 0 radical (unpaired) electrons. The molecule has 14 heavy (non-hydrogen) atoms. The topological polar surface area (TPSA) is 61.7 Å². The first-order chi connectivity index (χ1) is 6.66. The summed E-state index contributed by atoms with van der Waals surface area (Å²) in [5, 5.41) is 12.2. The van der Waals surface area contributed by atoms with E-state index in [1.54, 1.807) is 18.2 Å². The summed E-state index contributed by atoms with van der Waals surface area (Å²) in [5.74, 6) is -0.540. The van der Waals surface area contributed by atoms with Gasteiger partial charge in [-0.1, -0.05) is 11.6 Å². The molecule has 1 atom stereocenters. The molecule has 2 N–H and O–H groups in total. The second-order valence-electron chi connectivity index (χ2n) is 2.87. The number of aliphatic imine (C=N–C) groups is 1. The van der Waals surface area contributed by atoms with Gasteiger partial charge in [0, 0.05) is 22.5 Å².